The molecule has 0 aromatic carbocycles. The molecule has 0 atom stereocenters. The third-order valence-electron chi connectivity index (χ3n) is 2.48. The van der Waals surface area contributed by atoms with Gasteiger partial charge in [-0.2, -0.15) is 0 Å². The maximum absolute atomic E-state index is 10.8. The molecule has 1 aliphatic carbocycles. The van der Waals surface area contributed by atoms with Crippen molar-refractivity contribution in [1.29, 1.82) is 0 Å². The number of aliphatic carboxylic acids is 1. The predicted molar refractivity (Wildman–Crippen MR) is 44.0 cm³/mol. The van der Waals surface area contributed by atoms with Crippen LogP contribution < -0.4 is 0 Å². The van der Waals surface area contributed by atoms with Crippen molar-refractivity contribution in [3.05, 3.63) is 11.9 Å². The molecular weight excluding hydrogens is 170 g/mol. The van der Waals surface area contributed by atoms with E-state index in [4.69, 9.17) is 5.11 Å². The van der Waals surface area contributed by atoms with Crippen LogP contribution >= 0.6 is 0 Å². The molecule has 1 heterocycles. The summed E-state index contributed by atoms with van der Waals surface area (Å²) in [6.07, 6.45) is 3.80. The van der Waals surface area contributed by atoms with E-state index in [9.17, 15) is 4.79 Å². The first kappa shape index (κ1) is 8.22. The fourth-order valence-electron chi connectivity index (χ4n) is 1.44. The topological polar surface area (TPSA) is 68.0 Å². The van der Waals surface area contributed by atoms with Crippen LogP contribution in [0.5, 0.6) is 0 Å². The molecule has 0 amide bonds. The zero-order valence-corrected chi connectivity index (χ0v) is 7.40. The largest absolute Gasteiger partial charge is 0.481 e. The van der Waals surface area contributed by atoms with Crippen LogP contribution in [0.25, 0.3) is 0 Å². The molecule has 5 heteroatoms. The van der Waals surface area contributed by atoms with Crippen LogP contribution in [0.1, 0.15) is 18.5 Å². The van der Waals surface area contributed by atoms with Gasteiger partial charge in [-0.05, 0) is 12.8 Å². The third-order valence-corrected chi connectivity index (χ3v) is 2.48. The van der Waals surface area contributed by atoms with E-state index < -0.39 is 11.4 Å². The maximum atomic E-state index is 10.8. The molecule has 1 aromatic rings. The van der Waals surface area contributed by atoms with E-state index in [1.54, 1.807) is 17.9 Å². The second-order valence-corrected chi connectivity index (χ2v) is 3.65. The van der Waals surface area contributed by atoms with Gasteiger partial charge >= 0.3 is 5.97 Å². The molecule has 1 fully saturated rings. The number of aromatic nitrogens is 3. The Morgan fingerprint density at radius 1 is 1.77 bits per heavy atom. The van der Waals surface area contributed by atoms with Gasteiger partial charge in [0.25, 0.3) is 0 Å². The SMILES string of the molecule is Cn1cc(CC2(C(=O)O)CC2)nn1. The van der Waals surface area contributed by atoms with Gasteiger partial charge in [0.15, 0.2) is 0 Å². The van der Waals surface area contributed by atoms with Gasteiger partial charge in [-0.1, -0.05) is 5.21 Å². The molecule has 13 heavy (non-hydrogen) atoms. The molecule has 1 saturated carbocycles. The molecule has 1 N–H and O–H groups in total. The number of carbonyl (C=O) groups is 1. The van der Waals surface area contributed by atoms with Gasteiger partial charge < -0.3 is 5.11 Å². The van der Waals surface area contributed by atoms with Crippen molar-refractivity contribution >= 4 is 5.97 Å². The first-order valence-corrected chi connectivity index (χ1v) is 4.21. The summed E-state index contributed by atoms with van der Waals surface area (Å²) in [5, 5.41) is 16.6. The third kappa shape index (κ3) is 1.41. The number of hydrogen-bond donors (Lipinski definition) is 1. The Hall–Kier alpha value is -1.39. The molecule has 0 bridgehead atoms. The Kier molecular flexibility index (Phi) is 1.61. The van der Waals surface area contributed by atoms with Gasteiger partial charge in [-0.3, -0.25) is 9.48 Å². The van der Waals surface area contributed by atoms with E-state index in [0.717, 1.165) is 18.5 Å². The number of nitrogens with zero attached hydrogens (tertiary/aromatic N) is 3. The lowest BCUT2D eigenvalue weighted by Gasteiger charge is -2.04. The predicted octanol–water partition coefficient (Wildman–Crippen LogP) is 0.222. The quantitative estimate of drug-likeness (QED) is 0.724. The molecule has 70 valence electrons. The zero-order valence-electron chi connectivity index (χ0n) is 7.40. The van der Waals surface area contributed by atoms with E-state index in [0.29, 0.717) is 6.42 Å². The number of carboxylic acids is 1. The molecular formula is C8H11N3O2. The standard InChI is InChI=1S/C8H11N3O2/c1-11-5-6(9-10-11)4-8(2-3-8)7(12)13/h5H,2-4H2,1H3,(H,12,13). The van der Waals surface area contributed by atoms with Crippen LogP contribution in [0.4, 0.5) is 0 Å². The zero-order chi connectivity index (χ0) is 9.47. The Bertz CT molecular complexity index is 341. The van der Waals surface area contributed by atoms with E-state index in [2.05, 4.69) is 10.3 Å². The first-order valence-electron chi connectivity index (χ1n) is 4.21. The monoisotopic (exact) mass is 181 g/mol. The van der Waals surface area contributed by atoms with Crippen molar-refractivity contribution in [3.8, 4) is 0 Å². The molecule has 0 spiro atoms. The average molecular weight is 181 g/mol. The Balaban J connectivity index is 2.10. The van der Waals surface area contributed by atoms with Crippen LogP contribution in [0.3, 0.4) is 0 Å². The van der Waals surface area contributed by atoms with Gasteiger partial charge in [0, 0.05) is 19.7 Å². The highest BCUT2D eigenvalue weighted by Gasteiger charge is 2.50. The summed E-state index contributed by atoms with van der Waals surface area (Å²) in [6, 6.07) is 0. The molecule has 5 nitrogen and oxygen atoms in total. The molecule has 0 radical (unpaired) electrons. The van der Waals surface area contributed by atoms with Crippen LogP contribution in [0, 0.1) is 5.41 Å². The fraction of sp³-hybridized carbons (Fsp3) is 0.625. The highest BCUT2D eigenvalue weighted by Crippen LogP contribution is 2.48. The Morgan fingerprint density at radius 3 is 2.85 bits per heavy atom. The minimum Gasteiger partial charge on any atom is -0.481 e. The van der Waals surface area contributed by atoms with Crippen LogP contribution in [0.2, 0.25) is 0 Å². The second kappa shape index (κ2) is 2.55. The van der Waals surface area contributed by atoms with Crippen molar-refractivity contribution < 1.29 is 9.90 Å². The lowest BCUT2D eigenvalue weighted by molar-refractivity contribution is -0.143. The molecule has 1 aromatic heterocycles. The molecule has 0 saturated heterocycles. The summed E-state index contributed by atoms with van der Waals surface area (Å²) in [7, 11) is 1.77. The van der Waals surface area contributed by atoms with Gasteiger partial charge in [0.05, 0.1) is 11.1 Å². The molecule has 0 aliphatic heterocycles. The maximum Gasteiger partial charge on any atom is 0.310 e. The Morgan fingerprint density at radius 2 is 2.46 bits per heavy atom. The van der Waals surface area contributed by atoms with Crippen molar-refractivity contribution in [3.63, 3.8) is 0 Å². The second-order valence-electron chi connectivity index (χ2n) is 3.65. The van der Waals surface area contributed by atoms with Crippen LogP contribution in [-0.2, 0) is 18.3 Å². The lowest BCUT2D eigenvalue weighted by Crippen LogP contribution is -2.17. The summed E-state index contributed by atoms with van der Waals surface area (Å²) >= 11 is 0. The summed E-state index contributed by atoms with van der Waals surface area (Å²) in [4.78, 5) is 10.8. The Labute approximate surface area is 75.4 Å². The summed E-state index contributed by atoms with van der Waals surface area (Å²) in [5.41, 5.74) is 0.234. The average Bonchev–Trinajstić information content (AvgIpc) is 2.72. The number of aryl methyl sites for hydroxylation is 1. The van der Waals surface area contributed by atoms with Crippen LogP contribution in [0.15, 0.2) is 6.20 Å². The van der Waals surface area contributed by atoms with Crippen molar-refractivity contribution in [2.45, 2.75) is 19.3 Å². The van der Waals surface area contributed by atoms with E-state index >= 15 is 0 Å². The molecule has 1 aliphatic rings. The van der Waals surface area contributed by atoms with Crippen molar-refractivity contribution in [2.24, 2.45) is 12.5 Å². The molecule has 2 rings (SSSR count). The minimum absolute atomic E-state index is 0.510. The van der Waals surface area contributed by atoms with Gasteiger partial charge in [-0.15, -0.1) is 5.10 Å². The summed E-state index contributed by atoms with van der Waals surface area (Å²) < 4.78 is 1.59. The van der Waals surface area contributed by atoms with E-state index in [1.165, 1.54) is 0 Å². The highest BCUT2D eigenvalue weighted by molar-refractivity contribution is 5.78. The van der Waals surface area contributed by atoms with Gasteiger partial charge in [0.1, 0.15) is 0 Å². The number of carboxylic acid groups (broad SMARTS) is 1. The normalized spacial score (nSPS) is 18.5. The number of rotatable bonds is 3. The van der Waals surface area contributed by atoms with E-state index in [1.807, 2.05) is 0 Å². The summed E-state index contributed by atoms with van der Waals surface area (Å²) in [6.45, 7) is 0. The van der Waals surface area contributed by atoms with Crippen molar-refractivity contribution in [2.75, 3.05) is 0 Å². The van der Waals surface area contributed by atoms with Gasteiger partial charge in [-0.25, -0.2) is 0 Å². The summed E-state index contributed by atoms with van der Waals surface area (Å²) in [5.74, 6) is -0.710. The lowest BCUT2D eigenvalue weighted by atomic mass is 10.0. The van der Waals surface area contributed by atoms with Gasteiger partial charge in [0.2, 0.25) is 0 Å². The van der Waals surface area contributed by atoms with Crippen LogP contribution in [-0.4, -0.2) is 26.1 Å². The highest BCUT2D eigenvalue weighted by atomic mass is 16.4. The molecule has 0 unspecified atom stereocenters. The smallest absolute Gasteiger partial charge is 0.310 e. The van der Waals surface area contributed by atoms with E-state index in [-0.39, 0.29) is 0 Å². The van der Waals surface area contributed by atoms with Crippen molar-refractivity contribution in [1.82, 2.24) is 15.0 Å². The fourth-order valence-corrected chi connectivity index (χ4v) is 1.44. The minimum atomic E-state index is -0.710. The first-order chi connectivity index (χ1) is 6.12. The number of hydrogen-bond acceptors (Lipinski definition) is 3.